The van der Waals surface area contributed by atoms with E-state index < -0.39 is 11.9 Å². The number of nitrogen functional groups attached to an aromatic ring is 2. The Hall–Kier alpha value is -4.32. The predicted molar refractivity (Wildman–Crippen MR) is 117 cm³/mol. The maximum absolute atomic E-state index is 12.0. The van der Waals surface area contributed by atoms with E-state index >= 15 is 0 Å². The molecule has 0 heterocycles. The number of benzene rings is 3. The number of rotatable bonds is 6. The van der Waals surface area contributed by atoms with Crippen LogP contribution in [-0.2, 0) is 9.59 Å². The Labute approximate surface area is 174 Å². The minimum absolute atomic E-state index is 0.375. The van der Waals surface area contributed by atoms with E-state index in [1.165, 1.54) is 12.2 Å². The van der Waals surface area contributed by atoms with Crippen molar-refractivity contribution >= 4 is 35.5 Å². The van der Waals surface area contributed by atoms with Crippen LogP contribution in [-0.4, -0.2) is 11.9 Å². The van der Waals surface area contributed by atoms with E-state index in [4.69, 9.17) is 20.9 Å². The number of anilines is 2. The first-order valence-corrected chi connectivity index (χ1v) is 9.09. The van der Waals surface area contributed by atoms with E-state index in [0.717, 1.165) is 11.1 Å². The molecule has 0 saturated carbocycles. The highest BCUT2D eigenvalue weighted by molar-refractivity contribution is 5.90. The summed E-state index contributed by atoms with van der Waals surface area (Å²) in [6.07, 6.45) is 5.88. The zero-order chi connectivity index (χ0) is 21.3. The molecule has 4 N–H and O–H groups in total. The van der Waals surface area contributed by atoms with Gasteiger partial charge in [0.25, 0.3) is 0 Å². The SMILES string of the molecule is Nc1cccc(OC(=O)/C=C/c2cccc(/C=C/C(=O)Oc3cccc(N)c3)c2)c1. The first kappa shape index (κ1) is 20.4. The molecule has 0 atom stereocenters. The summed E-state index contributed by atoms with van der Waals surface area (Å²) in [6.45, 7) is 0. The first-order chi connectivity index (χ1) is 14.5. The Kier molecular flexibility index (Phi) is 6.63. The van der Waals surface area contributed by atoms with Crippen molar-refractivity contribution in [2.75, 3.05) is 11.5 Å². The quantitative estimate of drug-likeness (QED) is 0.279. The highest BCUT2D eigenvalue weighted by Gasteiger charge is 2.02. The van der Waals surface area contributed by atoms with Crippen LogP contribution < -0.4 is 20.9 Å². The van der Waals surface area contributed by atoms with Crippen molar-refractivity contribution in [2.24, 2.45) is 0 Å². The van der Waals surface area contributed by atoms with Crippen molar-refractivity contribution in [1.29, 1.82) is 0 Å². The summed E-state index contributed by atoms with van der Waals surface area (Å²) < 4.78 is 10.4. The molecule has 3 aromatic carbocycles. The normalized spacial score (nSPS) is 10.9. The Bertz CT molecular complexity index is 1030. The molecule has 0 bridgehead atoms. The lowest BCUT2D eigenvalue weighted by Crippen LogP contribution is -2.04. The van der Waals surface area contributed by atoms with Crippen LogP contribution in [0, 0.1) is 0 Å². The van der Waals surface area contributed by atoms with Crippen molar-refractivity contribution < 1.29 is 19.1 Å². The van der Waals surface area contributed by atoms with Gasteiger partial charge in [0.2, 0.25) is 0 Å². The van der Waals surface area contributed by atoms with Gasteiger partial charge in [-0.05, 0) is 53.6 Å². The van der Waals surface area contributed by atoms with Crippen molar-refractivity contribution in [3.63, 3.8) is 0 Å². The third kappa shape index (κ3) is 6.38. The fraction of sp³-hybridized carbons (Fsp3) is 0. The maximum Gasteiger partial charge on any atom is 0.336 e. The molecule has 0 aliphatic rings. The summed E-state index contributed by atoms with van der Waals surface area (Å²) in [5.41, 5.74) is 13.9. The maximum atomic E-state index is 12.0. The van der Waals surface area contributed by atoms with E-state index in [9.17, 15) is 9.59 Å². The number of hydrogen-bond donors (Lipinski definition) is 2. The van der Waals surface area contributed by atoms with E-state index in [1.54, 1.807) is 60.7 Å². The van der Waals surface area contributed by atoms with Gasteiger partial charge in [0.15, 0.2) is 0 Å². The summed E-state index contributed by atoms with van der Waals surface area (Å²) in [7, 11) is 0. The molecule has 0 amide bonds. The molecule has 0 unspecified atom stereocenters. The molecule has 150 valence electrons. The highest BCUT2D eigenvalue weighted by Crippen LogP contribution is 2.16. The number of esters is 2. The summed E-state index contributed by atoms with van der Waals surface area (Å²) in [5.74, 6) is -0.292. The lowest BCUT2D eigenvalue weighted by atomic mass is 10.1. The zero-order valence-electron chi connectivity index (χ0n) is 16.0. The van der Waals surface area contributed by atoms with Gasteiger partial charge in [0, 0.05) is 35.7 Å². The molecule has 3 aromatic rings. The lowest BCUT2D eigenvalue weighted by molar-refractivity contribution is -0.129. The minimum Gasteiger partial charge on any atom is -0.423 e. The van der Waals surface area contributed by atoms with E-state index in [2.05, 4.69) is 0 Å². The van der Waals surface area contributed by atoms with Crippen molar-refractivity contribution in [3.8, 4) is 11.5 Å². The van der Waals surface area contributed by atoms with Gasteiger partial charge in [0.1, 0.15) is 11.5 Å². The second kappa shape index (κ2) is 9.75. The van der Waals surface area contributed by atoms with Crippen molar-refractivity contribution in [2.45, 2.75) is 0 Å². The Morgan fingerprint density at radius 3 is 1.50 bits per heavy atom. The van der Waals surface area contributed by atoms with Gasteiger partial charge < -0.3 is 20.9 Å². The molecular weight excluding hydrogens is 380 g/mol. The van der Waals surface area contributed by atoms with E-state index in [0.29, 0.717) is 22.9 Å². The van der Waals surface area contributed by atoms with Gasteiger partial charge in [-0.15, -0.1) is 0 Å². The Morgan fingerprint density at radius 1 is 0.633 bits per heavy atom. The van der Waals surface area contributed by atoms with Crippen LogP contribution in [0.5, 0.6) is 11.5 Å². The van der Waals surface area contributed by atoms with Crippen LogP contribution in [0.1, 0.15) is 11.1 Å². The minimum atomic E-state index is -0.521. The second-order valence-corrected chi connectivity index (χ2v) is 6.32. The van der Waals surface area contributed by atoms with E-state index in [-0.39, 0.29) is 0 Å². The third-order valence-corrected chi connectivity index (χ3v) is 3.89. The summed E-state index contributed by atoms with van der Waals surface area (Å²) in [6, 6.07) is 20.5. The molecule has 0 aliphatic carbocycles. The van der Waals surface area contributed by atoms with Crippen LogP contribution in [0.4, 0.5) is 11.4 Å². The van der Waals surface area contributed by atoms with Crippen LogP contribution in [0.15, 0.2) is 84.9 Å². The van der Waals surface area contributed by atoms with Crippen LogP contribution >= 0.6 is 0 Å². The second-order valence-electron chi connectivity index (χ2n) is 6.32. The van der Waals surface area contributed by atoms with Crippen LogP contribution in [0.25, 0.3) is 12.2 Å². The van der Waals surface area contributed by atoms with Gasteiger partial charge in [-0.3, -0.25) is 0 Å². The fourth-order valence-corrected chi connectivity index (χ4v) is 2.55. The molecule has 0 aliphatic heterocycles. The standard InChI is InChI=1S/C24H20N2O4/c25-19-6-2-8-21(15-19)29-23(27)12-10-17-4-1-5-18(14-17)11-13-24(28)30-22-9-3-7-20(26)16-22/h1-16H,25-26H2/b12-10+,13-11+. The summed E-state index contributed by atoms with van der Waals surface area (Å²) >= 11 is 0. The molecule has 0 aromatic heterocycles. The first-order valence-electron chi connectivity index (χ1n) is 9.09. The Balaban J connectivity index is 1.59. The Morgan fingerprint density at radius 2 is 1.07 bits per heavy atom. The molecular formula is C24H20N2O4. The zero-order valence-corrected chi connectivity index (χ0v) is 16.0. The highest BCUT2D eigenvalue weighted by atomic mass is 16.5. The molecule has 0 spiro atoms. The van der Waals surface area contributed by atoms with Gasteiger partial charge in [-0.25, -0.2) is 9.59 Å². The molecule has 0 fully saturated rings. The molecule has 0 radical (unpaired) electrons. The van der Waals surface area contributed by atoms with Gasteiger partial charge in [-0.1, -0.05) is 30.3 Å². The number of ether oxygens (including phenoxy) is 2. The van der Waals surface area contributed by atoms with Crippen LogP contribution in [0.3, 0.4) is 0 Å². The third-order valence-electron chi connectivity index (χ3n) is 3.89. The van der Waals surface area contributed by atoms with E-state index in [1.807, 2.05) is 24.3 Å². The summed E-state index contributed by atoms with van der Waals surface area (Å²) in [5, 5.41) is 0. The summed E-state index contributed by atoms with van der Waals surface area (Å²) in [4.78, 5) is 23.9. The smallest absolute Gasteiger partial charge is 0.336 e. The number of nitrogens with two attached hydrogens (primary N) is 2. The number of carbonyl (C=O) groups is 2. The monoisotopic (exact) mass is 400 g/mol. The molecule has 0 saturated heterocycles. The van der Waals surface area contributed by atoms with Gasteiger partial charge >= 0.3 is 11.9 Å². The molecule has 6 nitrogen and oxygen atoms in total. The topological polar surface area (TPSA) is 105 Å². The van der Waals surface area contributed by atoms with Crippen LogP contribution in [0.2, 0.25) is 0 Å². The largest absolute Gasteiger partial charge is 0.423 e. The van der Waals surface area contributed by atoms with Gasteiger partial charge in [0.05, 0.1) is 0 Å². The number of carbonyl (C=O) groups excluding carboxylic acids is 2. The lowest BCUT2D eigenvalue weighted by Gasteiger charge is -2.02. The molecule has 30 heavy (non-hydrogen) atoms. The number of hydrogen-bond acceptors (Lipinski definition) is 6. The molecule has 3 rings (SSSR count). The van der Waals surface area contributed by atoms with Crippen molar-refractivity contribution in [1.82, 2.24) is 0 Å². The predicted octanol–water partition coefficient (Wildman–Crippen LogP) is 4.09. The van der Waals surface area contributed by atoms with Crippen molar-refractivity contribution in [3.05, 3.63) is 96.1 Å². The fourth-order valence-electron chi connectivity index (χ4n) is 2.55. The molecule has 6 heteroatoms. The average Bonchev–Trinajstić information content (AvgIpc) is 2.71. The average molecular weight is 400 g/mol. The van der Waals surface area contributed by atoms with Gasteiger partial charge in [-0.2, -0.15) is 0 Å².